The first-order valence-corrected chi connectivity index (χ1v) is 12.1. The highest BCUT2D eigenvalue weighted by Gasteiger charge is 2.16. The summed E-state index contributed by atoms with van der Waals surface area (Å²) in [6.07, 6.45) is 3.36. The SMILES string of the molecule is CSc1cc(Sc2cnc(CNC(=O)OC(C)(C)C)s2)cc(-c2cccc(F)c2)c1. The number of amides is 1. The van der Waals surface area contributed by atoms with E-state index in [-0.39, 0.29) is 5.82 Å². The van der Waals surface area contributed by atoms with Gasteiger partial charge in [-0.2, -0.15) is 0 Å². The Balaban J connectivity index is 1.71. The molecule has 1 aromatic heterocycles. The summed E-state index contributed by atoms with van der Waals surface area (Å²) in [5.74, 6) is -0.249. The average Bonchev–Trinajstić information content (AvgIpc) is 3.12. The van der Waals surface area contributed by atoms with E-state index in [4.69, 9.17) is 4.74 Å². The summed E-state index contributed by atoms with van der Waals surface area (Å²) < 4.78 is 19.9. The van der Waals surface area contributed by atoms with Crippen molar-refractivity contribution < 1.29 is 13.9 Å². The Morgan fingerprint density at radius 2 is 1.93 bits per heavy atom. The monoisotopic (exact) mass is 462 g/mol. The van der Waals surface area contributed by atoms with Crippen LogP contribution in [-0.4, -0.2) is 22.9 Å². The number of benzene rings is 2. The van der Waals surface area contributed by atoms with Gasteiger partial charge in [-0.25, -0.2) is 14.2 Å². The molecule has 158 valence electrons. The lowest BCUT2D eigenvalue weighted by atomic mass is 10.1. The van der Waals surface area contributed by atoms with Crippen LogP contribution in [0.2, 0.25) is 0 Å². The summed E-state index contributed by atoms with van der Waals surface area (Å²) in [5, 5.41) is 3.53. The Labute approximate surface area is 188 Å². The molecule has 4 nitrogen and oxygen atoms in total. The Hall–Kier alpha value is -2.03. The Morgan fingerprint density at radius 1 is 1.17 bits per heavy atom. The third kappa shape index (κ3) is 6.75. The number of thioether (sulfide) groups is 1. The lowest BCUT2D eigenvalue weighted by Crippen LogP contribution is -2.32. The minimum Gasteiger partial charge on any atom is -0.444 e. The molecule has 0 aliphatic heterocycles. The van der Waals surface area contributed by atoms with Gasteiger partial charge in [0.25, 0.3) is 0 Å². The zero-order valence-electron chi connectivity index (χ0n) is 17.2. The van der Waals surface area contributed by atoms with Crippen LogP contribution in [0.15, 0.2) is 62.7 Å². The molecule has 0 unspecified atom stereocenters. The molecule has 0 saturated carbocycles. The second-order valence-electron chi connectivity index (χ2n) is 7.44. The third-order valence-corrected chi connectivity index (χ3v) is 6.58. The lowest BCUT2D eigenvalue weighted by molar-refractivity contribution is 0.0523. The normalized spacial score (nSPS) is 11.4. The van der Waals surface area contributed by atoms with Crippen molar-refractivity contribution in [3.63, 3.8) is 0 Å². The molecule has 0 saturated heterocycles. The molecule has 2 aromatic carbocycles. The summed E-state index contributed by atoms with van der Waals surface area (Å²) in [7, 11) is 0. The fourth-order valence-corrected chi connectivity index (χ4v) is 5.19. The van der Waals surface area contributed by atoms with Crippen LogP contribution in [-0.2, 0) is 11.3 Å². The van der Waals surface area contributed by atoms with E-state index in [9.17, 15) is 9.18 Å². The number of halogens is 1. The third-order valence-electron chi connectivity index (χ3n) is 3.81. The van der Waals surface area contributed by atoms with Crippen molar-refractivity contribution in [2.75, 3.05) is 6.26 Å². The van der Waals surface area contributed by atoms with Crippen molar-refractivity contribution in [3.8, 4) is 11.1 Å². The number of carbonyl (C=O) groups excluding carboxylic acids is 1. The van der Waals surface area contributed by atoms with Crippen molar-refractivity contribution in [3.05, 3.63) is 59.5 Å². The molecular formula is C22H23FN2O2S3. The van der Waals surface area contributed by atoms with Gasteiger partial charge in [-0.3, -0.25) is 0 Å². The minimum atomic E-state index is -0.532. The standard InChI is InChI=1S/C22H23FN2O2S3/c1-22(2,3)27-21(26)25-12-19-24-13-20(30-19)29-18-10-15(9-17(11-18)28-4)14-6-5-7-16(23)8-14/h5-11,13H,12H2,1-4H3,(H,25,26). The predicted octanol–water partition coefficient (Wildman–Crippen LogP) is 6.85. The first kappa shape index (κ1) is 22.7. The van der Waals surface area contributed by atoms with Crippen molar-refractivity contribution in [1.29, 1.82) is 0 Å². The van der Waals surface area contributed by atoms with Gasteiger partial charge in [0.1, 0.15) is 16.4 Å². The zero-order chi connectivity index (χ0) is 21.7. The van der Waals surface area contributed by atoms with Crippen LogP contribution in [0.4, 0.5) is 9.18 Å². The fraction of sp³-hybridized carbons (Fsp3) is 0.273. The maximum absolute atomic E-state index is 13.6. The Morgan fingerprint density at radius 3 is 2.63 bits per heavy atom. The van der Waals surface area contributed by atoms with Crippen molar-refractivity contribution in [1.82, 2.24) is 10.3 Å². The second kappa shape index (κ2) is 9.85. The van der Waals surface area contributed by atoms with Gasteiger partial charge in [0, 0.05) is 9.79 Å². The second-order valence-corrected chi connectivity index (χ2v) is 10.8. The number of thiazole rings is 1. The van der Waals surface area contributed by atoms with Gasteiger partial charge in [0.05, 0.1) is 17.0 Å². The van der Waals surface area contributed by atoms with Gasteiger partial charge >= 0.3 is 6.09 Å². The smallest absolute Gasteiger partial charge is 0.408 e. The Kier molecular flexibility index (Phi) is 7.44. The molecule has 30 heavy (non-hydrogen) atoms. The van der Waals surface area contributed by atoms with E-state index in [1.807, 2.05) is 33.1 Å². The molecule has 1 N–H and O–H groups in total. The van der Waals surface area contributed by atoms with Gasteiger partial charge in [-0.05, 0) is 68.5 Å². The van der Waals surface area contributed by atoms with Gasteiger partial charge < -0.3 is 10.1 Å². The molecule has 0 aliphatic rings. The van der Waals surface area contributed by atoms with Crippen LogP contribution in [0, 0.1) is 5.82 Å². The number of rotatable bonds is 6. The number of aromatic nitrogens is 1. The zero-order valence-corrected chi connectivity index (χ0v) is 19.6. The van der Waals surface area contributed by atoms with Crippen LogP contribution in [0.3, 0.4) is 0 Å². The average molecular weight is 463 g/mol. The molecule has 1 heterocycles. The van der Waals surface area contributed by atoms with E-state index in [1.165, 1.54) is 17.4 Å². The number of alkyl carbamates (subject to hydrolysis) is 1. The highest BCUT2D eigenvalue weighted by molar-refractivity contribution is 8.01. The summed E-state index contributed by atoms with van der Waals surface area (Å²) in [4.78, 5) is 18.4. The maximum atomic E-state index is 13.6. The van der Waals surface area contributed by atoms with Gasteiger partial charge in [0.2, 0.25) is 0 Å². The lowest BCUT2D eigenvalue weighted by Gasteiger charge is -2.19. The molecule has 0 radical (unpaired) electrons. The summed E-state index contributed by atoms with van der Waals surface area (Å²) >= 11 is 4.77. The number of ether oxygens (including phenoxy) is 1. The molecule has 0 atom stereocenters. The number of hydrogen-bond donors (Lipinski definition) is 1. The van der Waals surface area contributed by atoms with Gasteiger partial charge in [-0.1, -0.05) is 23.9 Å². The van der Waals surface area contributed by atoms with Crippen molar-refractivity contribution in [2.24, 2.45) is 0 Å². The first-order chi connectivity index (χ1) is 14.2. The highest BCUT2D eigenvalue weighted by atomic mass is 32.2. The molecule has 3 aromatic rings. The van der Waals surface area contributed by atoms with Crippen LogP contribution >= 0.6 is 34.9 Å². The predicted molar refractivity (Wildman–Crippen MR) is 123 cm³/mol. The van der Waals surface area contributed by atoms with Crippen LogP contribution in [0.5, 0.6) is 0 Å². The molecular weight excluding hydrogens is 439 g/mol. The van der Waals surface area contributed by atoms with Crippen LogP contribution in [0.25, 0.3) is 11.1 Å². The molecule has 1 amide bonds. The molecule has 0 bridgehead atoms. The quantitative estimate of drug-likeness (QED) is 0.406. The molecule has 8 heteroatoms. The van der Waals surface area contributed by atoms with Crippen LogP contribution in [0.1, 0.15) is 25.8 Å². The molecule has 0 spiro atoms. The summed E-state index contributed by atoms with van der Waals surface area (Å²) in [6.45, 7) is 5.79. The summed E-state index contributed by atoms with van der Waals surface area (Å²) in [6, 6.07) is 12.8. The molecule has 0 aliphatic carbocycles. The van der Waals surface area contributed by atoms with Crippen molar-refractivity contribution in [2.45, 2.75) is 46.9 Å². The topological polar surface area (TPSA) is 51.2 Å². The van der Waals surface area contributed by atoms with Crippen molar-refractivity contribution >= 4 is 41.0 Å². The Bertz CT molecular complexity index is 1030. The molecule has 0 fully saturated rings. The molecule has 3 rings (SSSR count). The van der Waals surface area contributed by atoms with E-state index in [1.54, 1.807) is 41.9 Å². The number of hydrogen-bond acceptors (Lipinski definition) is 6. The van der Waals surface area contributed by atoms with Crippen LogP contribution < -0.4 is 5.32 Å². The fourth-order valence-electron chi connectivity index (χ4n) is 2.58. The van der Waals surface area contributed by atoms with E-state index in [2.05, 4.69) is 28.5 Å². The number of nitrogens with one attached hydrogen (secondary N) is 1. The van der Waals surface area contributed by atoms with Gasteiger partial charge in [-0.15, -0.1) is 23.1 Å². The first-order valence-electron chi connectivity index (χ1n) is 9.26. The number of carbonyl (C=O) groups is 1. The maximum Gasteiger partial charge on any atom is 0.408 e. The van der Waals surface area contributed by atoms with E-state index < -0.39 is 11.7 Å². The highest BCUT2D eigenvalue weighted by Crippen LogP contribution is 2.37. The van der Waals surface area contributed by atoms with Gasteiger partial charge in [0.15, 0.2) is 0 Å². The van der Waals surface area contributed by atoms with E-state index in [0.29, 0.717) is 6.54 Å². The largest absolute Gasteiger partial charge is 0.444 e. The van der Waals surface area contributed by atoms with E-state index >= 15 is 0 Å². The minimum absolute atomic E-state index is 0.249. The number of nitrogens with zero attached hydrogens (tertiary/aromatic N) is 1. The summed E-state index contributed by atoms with van der Waals surface area (Å²) in [5.41, 5.74) is 1.29. The van der Waals surface area contributed by atoms with E-state index in [0.717, 1.165) is 30.1 Å².